The highest BCUT2D eigenvalue weighted by Crippen LogP contribution is 2.21. The van der Waals surface area contributed by atoms with Gasteiger partial charge in [-0.05, 0) is 36.6 Å². The fourth-order valence-corrected chi connectivity index (χ4v) is 2.12. The van der Waals surface area contributed by atoms with Crippen LogP contribution >= 0.6 is 0 Å². The summed E-state index contributed by atoms with van der Waals surface area (Å²) in [7, 11) is 1.42. The summed E-state index contributed by atoms with van der Waals surface area (Å²) < 4.78 is 5.91. The average molecular weight is 294 g/mol. The van der Waals surface area contributed by atoms with E-state index in [-0.39, 0.29) is 5.71 Å². The fourth-order valence-electron chi connectivity index (χ4n) is 2.12. The van der Waals surface area contributed by atoms with Crippen LogP contribution in [-0.2, 0) is 11.4 Å². The van der Waals surface area contributed by atoms with Crippen molar-refractivity contribution in [3.63, 3.8) is 0 Å². The second-order valence-electron chi connectivity index (χ2n) is 4.95. The van der Waals surface area contributed by atoms with Gasteiger partial charge in [-0.25, -0.2) is 0 Å². The lowest BCUT2D eigenvalue weighted by Gasteiger charge is -2.12. The third-order valence-corrected chi connectivity index (χ3v) is 3.29. The predicted octanol–water partition coefficient (Wildman–Crippen LogP) is 3.76. The van der Waals surface area contributed by atoms with E-state index in [1.807, 2.05) is 56.3 Å². The maximum atomic E-state index is 9.20. The maximum absolute atomic E-state index is 9.20. The lowest BCUT2D eigenvalue weighted by Crippen LogP contribution is -2.06. The molecule has 0 atom stereocenters. The first-order valence-electron chi connectivity index (χ1n) is 6.95. The van der Waals surface area contributed by atoms with Crippen molar-refractivity contribution in [1.82, 2.24) is 0 Å². The van der Waals surface area contributed by atoms with Crippen molar-refractivity contribution in [2.75, 3.05) is 7.11 Å². The van der Waals surface area contributed by atoms with Gasteiger partial charge in [0.15, 0.2) is 5.71 Å². The lowest BCUT2D eigenvalue weighted by atomic mass is 10.0. The summed E-state index contributed by atoms with van der Waals surface area (Å²) in [6, 6.07) is 15.7. The molecule has 0 radical (unpaired) electrons. The summed E-state index contributed by atoms with van der Waals surface area (Å²) in [6.45, 7) is 4.40. The number of hydrogen-bond donors (Lipinski definition) is 0. The first-order chi connectivity index (χ1) is 10.7. The molecule has 0 unspecified atom stereocenters. The zero-order valence-corrected chi connectivity index (χ0v) is 13.0. The summed E-state index contributed by atoms with van der Waals surface area (Å²) in [5, 5.41) is 13.0. The van der Waals surface area contributed by atoms with E-state index in [0.29, 0.717) is 6.61 Å². The minimum absolute atomic E-state index is 0.239. The van der Waals surface area contributed by atoms with Crippen molar-refractivity contribution in [3.8, 4) is 11.8 Å². The molecule has 0 aromatic heterocycles. The zero-order valence-electron chi connectivity index (χ0n) is 13.0. The number of hydrogen-bond acceptors (Lipinski definition) is 4. The highest BCUT2D eigenvalue weighted by atomic mass is 16.6. The van der Waals surface area contributed by atoms with Crippen molar-refractivity contribution < 1.29 is 9.57 Å². The van der Waals surface area contributed by atoms with Gasteiger partial charge < -0.3 is 9.57 Å². The molecular weight excluding hydrogens is 276 g/mol. The van der Waals surface area contributed by atoms with Crippen LogP contribution in [0.5, 0.6) is 5.75 Å². The molecule has 0 N–H and O–H groups in total. The molecule has 112 valence electrons. The molecule has 0 bridgehead atoms. The molecule has 0 aliphatic carbocycles. The normalized spacial score (nSPS) is 10.9. The molecule has 4 heteroatoms. The first-order valence-corrected chi connectivity index (χ1v) is 6.95. The highest BCUT2D eigenvalue weighted by molar-refractivity contribution is 6.12. The molecule has 0 saturated heterocycles. The Hall–Kier alpha value is -2.80. The van der Waals surface area contributed by atoms with Gasteiger partial charge in [0.2, 0.25) is 0 Å². The van der Waals surface area contributed by atoms with Crippen LogP contribution in [-0.4, -0.2) is 12.8 Å². The van der Waals surface area contributed by atoms with Crippen LogP contribution in [0.3, 0.4) is 0 Å². The third-order valence-electron chi connectivity index (χ3n) is 3.29. The lowest BCUT2D eigenvalue weighted by molar-refractivity contribution is 0.214. The molecule has 0 aliphatic rings. The van der Waals surface area contributed by atoms with Crippen LogP contribution in [0.1, 0.15) is 22.3 Å². The molecule has 2 aromatic rings. The Labute approximate surface area is 130 Å². The molecule has 2 rings (SSSR count). The summed E-state index contributed by atoms with van der Waals surface area (Å²) in [6.07, 6.45) is 0. The summed E-state index contributed by atoms with van der Waals surface area (Å²) >= 11 is 0. The minimum atomic E-state index is 0.239. The Balaban J connectivity index is 2.26. The van der Waals surface area contributed by atoms with Crippen LogP contribution in [0, 0.1) is 25.2 Å². The summed E-state index contributed by atoms with van der Waals surface area (Å²) in [4.78, 5) is 4.73. The first kappa shape index (κ1) is 15.6. The van der Waals surface area contributed by atoms with Gasteiger partial charge in [0, 0.05) is 5.56 Å². The topological polar surface area (TPSA) is 54.6 Å². The Morgan fingerprint density at radius 3 is 2.68 bits per heavy atom. The monoisotopic (exact) mass is 294 g/mol. The molecule has 2 aromatic carbocycles. The van der Waals surface area contributed by atoms with Gasteiger partial charge >= 0.3 is 0 Å². The van der Waals surface area contributed by atoms with Crippen LogP contribution in [0.25, 0.3) is 0 Å². The van der Waals surface area contributed by atoms with E-state index in [4.69, 9.17) is 9.57 Å². The second-order valence-corrected chi connectivity index (χ2v) is 4.95. The number of nitrogens with zero attached hydrogens (tertiary/aromatic N) is 2. The number of oxime groups is 1. The van der Waals surface area contributed by atoms with E-state index in [9.17, 15) is 5.26 Å². The van der Waals surface area contributed by atoms with Crippen LogP contribution in [0.2, 0.25) is 0 Å². The van der Waals surface area contributed by atoms with Gasteiger partial charge in [-0.15, -0.1) is 0 Å². The van der Waals surface area contributed by atoms with Gasteiger partial charge in [0.25, 0.3) is 0 Å². The molecule has 0 amide bonds. The Kier molecular flexibility index (Phi) is 5.16. The summed E-state index contributed by atoms with van der Waals surface area (Å²) in [5.41, 5.74) is 4.07. The second kappa shape index (κ2) is 7.28. The highest BCUT2D eigenvalue weighted by Gasteiger charge is 2.10. The smallest absolute Gasteiger partial charge is 0.187 e. The number of rotatable bonds is 5. The third kappa shape index (κ3) is 3.64. The number of aryl methyl sites for hydroxylation is 2. The summed E-state index contributed by atoms with van der Waals surface area (Å²) in [5.74, 6) is 0.844. The molecular formula is C18H18N2O2. The van der Waals surface area contributed by atoms with Crippen LogP contribution in [0.15, 0.2) is 47.6 Å². The molecule has 0 heterocycles. The number of ether oxygens (including phenoxy) is 1. The van der Waals surface area contributed by atoms with E-state index in [1.165, 1.54) is 7.11 Å². The van der Waals surface area contributed by atoms with Crippen molar-refractivity contribution >= 4 is 5.71 Å². The van der Waals surface area contributed by atoms with E-state index >= 15 is 0 Å². The Morgan fingerprint density at radius 2 is 1.95 bits per heavy atom. The number of nitriles is 1. The van der Waals surface area contributed by atoms with Crippen LogP contribution in [0.4, 0.5) is 0 Å². The quantitative estimate of drug-likeness (QED) is 0.623. The minimum Gasteiger partial charge on any atom is -0.489 e. The molecule has 4 nitrogen and oxygen atoms in total. The number of benzene rings is 2. The Morgan fingerprint density at radius 1 is 1.18 bits per heavy atom. The van der Waals surface area contributed by atoms with E-state index in [2.05, 4.69) is 11.2 Å². The average Bonchev–Trinajstić information content (AvgIpc) is 2.54. The van der Waals surface area contributed by atoms with Gasteiger partial charge in [-0.1, -0.05) is 41.6 Å². The standard InChI is InChI=1S/C18H18N2O2/c1-13-8-9-14(2)18(10-13)22-12-15-6-4-5-7-16(15)17(11-19)20-21-3/h4-10H,12H2,1-3H3/b20-17-. The molecule has 0 saturated carbocycles. The fraction of sp³-hybridized carbons (Fsp3) is 0.222. The van der Waals surface area contributed by atoms with E-state index in [1.54, 1.807) is 0 Å². The van der Waals surface area contributed by atoms with Crippen molar-refractivity contribution in [1.29, 1.82) is 5.26 Å². The molecule has 22 heavy (non-hydrogen) atoms. The Bertz CT molecular complexity index is 730. The van der Waals surface area contributed by atoms with Crippen molar-refractivity contribution in [3.05, 3.63) is 64.7 Å². The van der Waals surface area contributed by atoms with E-state index in [0.717, 1.165) is 28.0 Å². The van der Waals surface area contributed by atoms with Crippen molar-refractivity contribution in [2.24, 2.45) is 5.16 Å². The van der Waals surface area contributed by atoms with E-state index < -0.39 is 0 Å². The molecule has 0 fully saturated rings. The SMILES string of the molecule is CO/N=C(/C#N)c1ccccc1COc1cc(C)ccc1C. The zero-order chi connectivity index (χ0) is 15.9. The predicted molar refractivity (Wildman–Crippen MR) is 85.8 cm³/mol. The molecule has 0 aliphatic heterocycles. The van der Waals surface area contributed by atoms with Gasteiger partial charge in [-0.3, -0.25) is 0 Å². The van der Waals surface area contributed by atoms with Crippen LogP contribution < -0.4 is 4.74 Å². The maximum Gasteiger partial charge on any atom is 0.187 e. The van der Waals surface area contributed by atoms with Gasteiger partial charge in [-0.2, -0.15) is 5.26 Å². The molecule has 0 spiro atoms. The van der Waals surface area contributed by atoms with Gasteiger partial charge in [0.1, 0.15) is 25.5 Å². The van der Waals surface area contributed by atoms with Gasteiger partial charge in [0.05, 0.1) is 0 Å². The van der Waals surface area contributed by atoms with Crippen molar-refractivity contribution in [2.45, 2.75) is 20.5 Å². The largest absolute Gasteiger partial charge is 0.489 e.